The van der Waals surface area contributed by atoms with Crippen LogP contribution in [0.3, 0.4) is 0 Å². The molecule has 2 heterocycles. The minimum Gasteiger partial charge on any atom is -0.472 e. The molecule has 17 heavy (non-hydrogen) atoms. The Hall–Kier alpha value is -1.13. The van der Waals surface area contributed by atoms with Gasteiger partial charge in [-0.25, -0.2) is 4.98 Å². The number of thiazole rings is 1. The van der Waals surface area contributed by atoms with Crippen molar-refractivity contribution in [3.8, 4) is 0 Å². The minimum absolute atomic E-state index is 0.0648. The van der Waals surface area contributed by atoms with E-state index in [1.165, 1.54) is 0 Å². The summed E-state index contributed by atoms with van der Waals surface area (Å²) >= 11 is 1.60. The highest BCUT2D eigenvalue weighted by Gasteiger charge is 2.19. The van der Waals surface area contributed by atoms with Crippen molar-refractivity contribution in [2.75, 3.05) is 0 Å². The van der Waals surface area contributed by atoms with Gasteiger partial charge in [-0.2, -0.15) is 0 Å². The summed E-state index contributed by atoms with van der Waals surface area (Å²) in [5.74, 6) is 0. The van der Waals surface area contributed by atoms with Crippen molar-refractivity contribution in [1.29, 1.82) is 0 Å². The molecule has 0 aliphatic rings. The van der Waals surface area contributed by atoms with Gasteiger partial charge in [0.15, 0.2) is 0 Å². The maximum absolute atomic E-state index is 9.98. The van der Waals surface area contributed by atoms with E-state index in [2.05, 4.69) is 31.1 Å². The van der Waals surface area contributed by atoms with Crippen LogP contribution in [0.15, 0.2) is 28.4 Å². The van der Waals surface area contributed by atoms with Crippen molar-refractivity contribution in [3.05, 3.63) is 40.2 Å². The molecule has 1 atom stereocenters. The molecule has 0 spiro atoms. The van der Waals surface area contributed by atoms with E-state index in [9.17, 15) is 5.11 Å². The molecule has 0 fully saturated rings. The first kappa shape index (κ1) is 12.3. The van der Waals surface area contributed by atoms with Crippen LogP contribution in [0.5, 0.6) is 0 Å². The fourth-order valence-corrected chi connectivity index (χ4v) is 2.56. The number of hydrogen-bond donors (Lipinski definition) is 1. The Morgan fingerprint density at radius 2 is 2.24 bits per heavy atom. The van der Waals surface area contributed by atoms with Crippen LogP contribution in [0.1, 0.15) is 43.1 Å². The molecule has 1 unspecified atom stereocenters. The lowest BCUT2D eigenvalue weighted by Gasteiger charge is -2.14. The quantitative estimate of drug-likeness (QED) is 0.910. The molecule has 2 aromatic rings. The van der Waals surface area contributed by atoms with Gasteiger partial charge in [0, 0.05) is 22.8 Å². The zero-order valence-electron chi connectivity index (χ0n) is 10.3. The summed E-state index contributed by atoms with van der Waals surface area (Å²) in [7, 11) is 0. The summed E-state index contributed by atoms with van der Waals surface area (Å²) < 4.78 is 4.96. The van der Waals surface area contributed by atoms with Gasteiger partial charge < -0.3 is 9.52 Å². The zero-order chi connectivity index (χ0) is 12.5. The fraction of sp³-hybridized carbons (Fsp3) is 0.462. The van der Waals surface area contributed by atoms with Gasteiger partial charge in [0.25, 0.3) is 0 Å². The highest BCUT2D eigenvalue weighted by Crippen LogP contribution is 2.26. The van der Waals surface area contributed by atoms with Crippen LogP contribution in [0.4, 0.5) is 0 Å². The lowest BCUT2D eigenvalue weighted by Crippen LogP contribution is -2.11. The van der Waals surface area contributed by atoms with Crippen molar-refractivity contribution < 1.29 is 9.52 Å². The molecule has 0 saturated heterocycles. The minimum atomic E-state index is -0.535. The molecule has 0 radical (unpaired) electrons. The molecule has 1 N–H and O–H groups in total. The van der Waals surface area contributed by atoms with Crippen LogP contribution in [0.2, 0.25) is 0 Å². The molecule has 0 amide bonds. The van der Waals surface area contributed by atoms with Gasteiger partial charge in [0.05, 0.1) is 29.3 Å². The third kappa shape index (κ3) is 2.96. The summed E-state index contributed by atoms with van der Waals surface area (Å²) in [6, 6.07) is 1.78. The van der Waals surface area contributed by atoms with Crippen LogP contribution in [0.25, 0.3) is 0 Å². The van der Waals surface area contributed by atoms with Gasteiger partial charge in [-0.3, -0.25) is 0 Å². The molecular weight excluding hydrogens is 234 g/mol. The number of aromatic nitrogens is 1. The van der Waals surface area contributed by atoms with Crippen LogP contribution in [0, 0.1) is 0 Å². The number of aliphatic hydroxyl groups is 1. The van der Waals surface area contributed by atoms with E-state index < -0.39 is 6.10 Å². The molecule has 2 aromatic heterocycles. The molecular formula is C13H17NO2S. The number of rotatable bonds is 3. The zero-order valence-corrected chi connectivity index (χ0v) is 11.1. The average molecular weight is 251 g/mol. The van der Waals surface area contributed by atoms with Crippen molar-refractivity contribution in [1.82, 2.24) is 4.98 Å². The largest absolute Gasteiger partial charge is 0.472 e. The molecule has 4 heteroatoms. The molecule has 0 aliphatic carbocycles. The monoisotopic (exact) mass is 251 g/mol. The topological polar surface area (TPSA) is 46.3 Å². The van der Waals surface area contributed by atoms with Crippen molar-refractivity contribution in [2.45, 2.75) is 38.7 Å². The van der Waals surface area contributed by atoms with Crippen LogP contribution >= 0.6 is 11.3 Å². The normalized spacial score (nSPS) is 13.9. The first-order chi connectivity index (χ1) is 7.97. The fourth-order valence-electron chi connectivity index (χ4n) is 1.50. The Bertz CT molecular complexity index is 468. The Balaban J connectivity index is 2.07. The number of furan rings is 1. The molecule has 2 rings (SSSR count). The van der Waals surface area contributed by atoms with Crippen LogP contribution in [-0.4, -0.2) is 10.1 Å². The molecule has 92 valence electrons. The first-order valence-electron chi connectivity index (χ1n) is 5.62. The molecule has 0 bridgehead atoms. The van der Waals surface area contributed by atoms with Crippen LogP contribution < -0.4 is 0 Å². The SMILES string of the molecule is CC(C)(C)c1csc(CC(O)c2ccoc2)n1. The highest BCUT2D eigenvalue weighted by atomic mass is 32.1. The van der Waals surface area contributed by atoms with E-state index in [-0.39, 0.29) is 5.41 Å². The number of hydrogen-bond acceptors (Lipinski definition) is 4. The maximum atomic E-state index is 9.98. The van der Waals surface area contributed by atoms with Gasteiger partial charge in [0.2, 0.25) is 0 Å². The van der Waals surface area contributed by atoms with Crippen LogP contribution in [-0.2, 0) is 11.8 Å². The number of nitrogens with zero attached hydrogens (tertiary/aromatic N) is 1. The van der Waals surface area contributed by atoms with E-state index >= 15 is 0 Å². The second kappa shape index (κ2) is 4.63. The lowest BCUT2D eigenvalue weighted by atomic mass is 9.93. The predicted octanol–water partition coefficient (Wildman–Crippen LogP) is 3.31. The summed E-state index contributed by atoms with van der Waals surface area (Å²) in [5.41, 5.74) is 1.95. The van der Waals surface area contributed by atoms with E-state index in [0.717, 1.165) is 16.3 Å². The van der Waals surface area contributed by atoms with Gasteiger partial charge in [-0.1, -0.05) is 20.8 Å². The summed E-state index contributed by atoms with van der Waals surface area (Å²) in [4.78, 5) is 4.56. The molecule has 0 aliphatic heterocycles. The number of aliphatic hydroxyl groups excluding tert-OH is 1. The van der Waals surface area contributed by atoms with Gasteiger partial charge in [-0.05, 0) is 6.07 Å². The first-order valence-corrected chi connectivity index (χ1v) is 6.50. The smallest absolute Gasteiger partial charge is 0.0960 e. The Morgan fingerprint density at radius 3 is 2.76 bits per heavy atom. The van der Waals surface area contributed by atoms with Crippen molar-refractivity contribution in [3.63, 3.8) is 0 Å². The van der Waals surface area contributed by atoms with E-state index in [4.69, 9.17) is 4.42 Å². The molecule has 0 saturated carbocycles. The third-order valence-corrected chi connectivity index (χ3v) is 3.49. The lowest BCUT2D eigenvalue weighted by molar-refractivity contribution is 0.177. The van der Waals surface area contributed by atoms with Gasteiger partial charge >= 0.3 is 0 Å². The highest BCUT2D eigenvalue weighted by molar-refractivity contribution is 7.09. The Labute approximate surface area is 105 Å². The average Bonchev–Trinajstić information content (AvgIpc) is 2.85. The van der Waals surface area contributed by atoms with E-state index in [1.807, 2.05) is 0 Å². The van der Waals surface area contributed by atoms with E-state index in [1.54, 1.807) is 29.9 Å². The second-order valence-corrected chi connectivity index (χ2v) is 6.10. The Kier molecular flexibility index (Phi) is 3.35. The van der Waals surface area contributed by atoms with Gasteiger partial charge in [-0.15, -0.1) is 11.3 Å². The predicted molar refractivity (Wildman–Crippen MR) is 68.2 cm³/mol. The van der Waals surface area contributed by atoms with E-state index in [0.29, 0.717) is 6.42 Å². The summed E-state index contributed by atoms with van der Waals surface area (Å²) in [5, 5.41) is 13.0. The second-order valence-electron chi connectivity index (χ2n) is 5.15. The van der Waals surface area contributed by atoms with Gasteiger partial charge in [0.1, 0.15) is 0 Å². The standard InChI is InChI=1S/C13H17NO2S/c1-13(2,3)11-8-17-12(14-11)6-10(15)9-4-5-16-7-9/h4-5,7-8,10,15H,6H2,1-3H3. The van der Waals surface area contributed by atoms with Crippen molar-refractivity contribution >= 4 is 11.3 Å². The summed E-state index contributed by atoms with van der Waals surface area (Å²) in [6.45, 7) is 6.41. The molecule has 0 aromatic carbocycles. The molecule has 3 nitrogen and oxygen atoms in total. The third-order valence-electron chi connectivity index (χ3n) is 2.62. The summed E-state index contributed by atoms with van der Waals surface area (Å²) in [6.07, 6.45) is 3.15. The maximum Gasteiger partial charge on any atom is 0.0960 e. The van der Waals surface area contributed by atoms with Crippen molar-refractivity contribution in [2.24, 2.45) is 0 Å². The Morgan fingerprint density at radius 1 is 1.47 bits per heavy atom.